The van der Waals surface area contributed by atoms with E-state index in [-0.39, 0.29) is 53.8 Å². The van der Waals surface area contributed by atoms with Gasteiger partial charge in [0.2, 0.25) is 12.6 Å². The van der Waals surface area contributed by atoms with Gasteiger partial charge in [-0.15, -0.1) is 0 Å². The van der Waals surface area contributed by atoms with E-state index in [1.54, 1.807) is 26.8 Å². The summed E-state index contributed by atoms with van der Waals surface area (Å²) in [4.78, 5) is 54.3. The maximum atomic E-state index is 14.0. The van der Waals surface area contributed by atoms with Crippen molar-refractivity contribution in [3.63, 3.8) is 0 Å². The number of aliphatic hydroxyl groups excluding tert-OH is 8. The molecule has 5 aliphatic heterocycles. The molecule has 0 bridgehead atoms. The summed E-state index contributed by atoms with van der Waals surface area (Å²) in [5.74, 6) is -6.59. The maximum Gasteiger partial charge on any atom is 0.337 e. The molecule has 19 atom stereocenters. The molecule has 5 heterocycles. The van der Waals surface area contributed by atoms with Crippen LogP contribution >= 0.6 is 0 Å². The van der Waals surface area contributed by atoms with E-state index >= 15 is 0 Å². The Balaban J connectivity index is 1.16. The van der Waals surface area contributed by atoms with Crippen LogP contribution in [0.3, 0.4) is 0 Å². The fourth-order valence-corrected chi connectivity index (χ4v) is 9.48. The average Bonchev–Trinajstić information content (AvgIpc) is 3.60. The second kappa shape index (κ2) is 21.7. The first kappa shape index (κ1) is 50.4. The van der Waals surface area contributed by atoms with Gasteiger partial charge >= 0.3 is 23.9 Å². The molecular weight excluding hydrogens is 868 g/mol. The van der Waals surface area contributed by atoms with Crippen molar-refractivity contribution in [1.82, 2.24) is 0 Å². The molecule has 0 aromatic heterocycles. The first-order valence-corrected chi connectivity index (χ1v) is 21.5. The number of methoxy groups -OCH3 is 1. The molecule has 22 heteroatoms. The van der Waals surface area contributed by atoms with E-state index in [2.05, 4.69) is 0 Å². The maximum absolute atomic E-state index is 14.0. The van der Waals surface area contributed by atoms with E-state index in [1.165, 1.54) is 6.08 Å². The SMILES string of the molecule is C/C=C1/[C@H](O[C@@H]2O[C@H](CO)[C@@H](O)[C@H](O)[C@H]2O)OC=C(C(=O)OC)[C@H]1CC(=O)O[C@H]1C[C@H](C)[C@H]2COC(=O)C[C@@H]3C(=CO[C@@H](O[C@@H]4O[C@H](CO)[C@@H](O)[C@H](O)[C@H]4O)/C3=C/C)C(=O)OC[C@H](C)[C@@H]21. The fourth-order valence-electron chi connectivity index (χ4n) is 9.48. The number of aliphatic hydroxyl groups is 8. The molecule has 1 aliphatic carbocycles. The van der Waals surface area contributed by atoms with Crippen LogP contribution in [0.2, 0.25) is 0 Å². The molecule has 4 fully saturated rings. The van der Waals surface area contributed by atoms with Crippen molar-refractivity contribution < 1.29 is 107 Å². The number of hydrogen-bond donors (Lipinski definition) is 8. The van der Waals surface area contributed by atoms with Crippen molar-refractivity contribution in [3.05, 3.63) is 47.0 Å². The Labute approximate surface area is 373 Å². The van der Waals surface area contributed by atoms with E-state index in [1.807, 2.05) is 6.92 Å². The molecule has 3 saturated heterocycles. The van der Waals surface area contributed by atoms with Crippen LogP contribution in [-0.4, -0.2) is 178 Å². The van der Waals surface area contributed by atoms with Crippen LogP contribution in [0, 0.1) is 35.5 Å². The van der Waals surface area contributed by atoms with E-state index in [0.29, 0.717) is 6.42 Å². The number of rotatable bonds is 10. The van der Waals surface area contributed by atoms with E-state index in [4.69, 9.17) is 47.4 Å². The van der Waals surface area contributed by atoms with Crippen LogP contribution < -0.4 is 0 Å². The van der Waals surface area contributed by atoms with Crippen LogP contribution in [-0.2, 0) is 66.5 Å². The van der Waals surface area contributed by atoms with Gasteiger partial charge in [0.05, 0.1) is 70.0 Å². The fraction of sp³-hybridized carbons (Fsp3) is 0.721. The van der Waals surface area contributed by atoms with Gasteiger partial charge < -0.3 is 88.2 Å². The Morgan fingerprint density at radius 3 is 1.88 bits per heavy atom. The highest BCUT2D eigenvalue weighted by atomic mass is 16.8. The average molecular weight is 929 g/mol. The summed E-state index contributed by atoms with van der Waals surface area (Å²) in [7, 11) is 1.14. The molecule has 0 spiro atoms. The summed E-state index contributed by atoms with van der Waals surface area (Å²) < 4.78 is 56.9. The lowest BCUT2D eigenvalue weighted by molar-refractivity contribution is -0.327. The lowest BCUT2D eigenvalue weighted by atomic mass is 9.81. The Kier molecular flexibility index (Phi) is 16.8. The van der Waals surface area contributed by atoms with Gasteiger partial charge in [0.1, 0.15) is 54.9 Å². The van der Waals surface area contributed by atoms with Crippen LogP contribution in [0.25, 0.3) is 0 Å². The van der Waals surface area contributed by atoms with Crippen LogP contribution in [0.15, 0.2) is 47.0 Å². The molecule has 6 rings (SSSR count). The Morgan fingerprint density at radius 1 is 0.754 bits per heavy atom. The molecule has 1 saturated carbocycles. The first-order valence-electron chi connectivity index (χ1n) is 21.5. The van der Waals surface area contributed by atoms with Crippen molar-refractivity contribution in [2.45, 2.75) is 127 Å². The molecule has 65 heavy (non-hydrogen) atoms. The number of carbonyl (C=O) groups is 4. The minimum absolute atomic E-state index is 0.0460. The summed E-state index contributed by atoms with van der Waals surface area (Å²) in [6.07, 6.45) is -14.8. The summed E-state index contributed by atoms with van der Waals surface area (Å²) in [5.41, 5.74) is 0.384. The van der Waals surface area contributed by atoms with Gasteiger partial charge in [0.25, 0.3) is 0 Å². The largest absolute Gasteiger partial charge is 0.468 e. The molecule has 22 nitrogen and oxygen atoms in total. The zero-order valence-electron chi connectivity index (χ0n) is 36.5. The quantitative estimate of drug-likeness (QED) is 0.0674. The first-order chi connectivity index (χ1) is 31.0. The molecule has 0 radical (unpaired) electrons. The molecule has 0 aromatic carbocycles. The Bertz CT molecular complexity index is 1840. The molecule has 364 valence electrons. The Hall–Kier alpha value is -4.04. The highest BCUT2D eigenvalue weighted by Gasteiger charge is 2.51. The topological polar surface area (TPSA) is 322 Å². The third-order valence-corrected chi connectivity index (χ3v) is 13.1. The molecule has 6 aliphatic rings. The summed E-state index contributed by atoms with van der Waals surface area (Å²) >= 11 is 0. The number of allylic oxidation sites excluding steroid dienone is 2. The summed E-state index contributed by atoms with van der Waals surface area (Å²) in [5, 5.41) is 81.5. The lowest BCUT2D eigenvalue weighted by Gasteiger charge is -2.42. The molecule has 0 amide bonds. The normalized spacial score (nSPS) is 42.6. The van der Waals surface area contributed by atoms with Gasteiger partial charge in [-0.2, -0.15) is 0 Å². The van der Waals surface area contributed by atoms with E-state index < -0.39 is 147 Å². The predicted molar refractivity (Wildman–Crippen MR) is 213 cm³/mol. The van der Waals surface area contributed by atoms with Crippen molar-refractivity contribution >= 4 is 23.9 Å². The third kappa shape index (κ3) is 10.6. The van der Waals surface area contributed by atoms with Crippen molar-refractivity contribution in [2.75, 3.05) is 33.5 Å². The monoisotopic (exact) mass is 928 g/mol. The third-order valence-electron chi connectivity index (χ3n) is 13.1. The number of esters is 4. The van der Waals surface area contributed by atoms with Gasteiger partial charge in [0, 0.05) is 34.8 Å². The zero-order valence-corrected chi connectivity index (χ0v) is 36.5. The zero-order chi connectivity index (χ0) is 47.4. The second-order valence-corrected chi connectivity index (χ2v) is 17.1. The van der Waals surface area contributed by atoms with Crippen LogP contribution in [0.1, 0.15) is 47.0 Å². The molecule has 0 unspecified atom stereocenters. The Morgan fingerprint density at radius 2 is 1.32 bits per heavy atom. The van der Waals surface area contributed by atoms with Gasteiger partial charge in [-0.3, -0.25) is 9.59 Å². The number of hydrogen-bond acceptors (Lipinski definition) is 22. The number of fused-ring (bicyclic) bond motifs is 2. The van der Waals surface area contributed by atoms with Crippen molar-refractivity contribution in [1.29, 1.82) is 0 Å². The predicted octanol–water partition coefficient (Wildman–Crippen LogP) is -1.90. The van der Waals surface area contributed by atoms with Crippen molar-refractivity contribution in [2.24, 2.45) is 35.5 Å². The number of ether oxygens (including phenoxy) is 10. The van der Waals surface area contributed by atoms with Crippen molar-refractivity contribution in [3.8, 4) is 0 Å². The number of cyclic esters (lactones) is 2. The smallest absolute Gasteiger partial charge is 0.337 e. The second-order valence-electron chi connectivity index (χ2n) is 17.1. The van der Waals surface area contributed by atoms with Gasteiger partial charge in [-0.05, 0) is 32.1 Å². The lowest BCUT2D eigenvalue weighted by Crippen LogP contribution is -2.60. The van der Waals surface area contributed by atoms with Crippen LogP contribution in [0.4, 0.5) is 0 Å². The summed E-state index contributed by atoms with van der Waals surface area (Å²) in [6, 6.07) is 0. The van der Waals surface area contributed by atoms with E-state index in [9.17, 15) is 60.0 Å². The van der Waals surface area contributed by atoms with Crippen LogP contribution in [0.5, 0.6) is 0 Å². The van der Waals surface area contributed by atoms with Gasteiger partial charge in [-0.25, -0.2) is 9.59 Å². The minimum Gasteiger partial charge on any atom is -0.468 e. The molecule has 0 aromatic rings. The molecular formula is C43H60O22. The standard InChI is InChI=1S/C43H60O22/c1-6-19-21-9-29(46)57-14-23-17(3)8-26(31(23)18(4)13-58-39(55)25(21)16-60-40(19)64-42-36(52)34(50)32(48)27(11-44)62-42)61-30(47)10-22-20(7-2)41(59-15-24(22)38(54)56-5)65-43-37(53)35(51)33(49)28(12-45)63-43/h6-7,15-18,21-23,26-28,31-37,40-45,48-53H,8-14H2,1-5H3/b19-6+,20-7+/t17-,18-,21-,22-,23+,26-,27+,28+,31-,32+,33+,34-,35-,36+,37+,40-,41-,42-,43-/m0/s1. The van der Waals surface area contributed by atoms with E-state index in [0.717, 1.165) is 19.6 Å². The highest BCUT2D eigenvalue weighted by Crippen LogP contribution is 2.45. The number of carbonyl (C=O) groups excluding carboxylic acids is 4. The molecule has 8 N–H and O–H groups in total. The minimum atomic E-state index is -1.77. The highest BCUT2D eigenvalue weighted by molar-refractivity contribution is 5.91. The van der Waals surface area contributed by atoms with Gasteiger partial charge in [-0.1, -0.05) is 26.0 Å². The summed E-state index contributed by atoms with van der Waals surface area (Å²) in [6.45, 7) is 5.28. The van der Waals surface area contributed by atoms with Gasteiger partial charge in [0.15, 0.2) is 12.6 Å².